The second kappa shape index (κ2) is 7.31. The highest BCUT2D eigenvalue weighted by atomic mass is 32.1. The summed E-state index contributed by atoms with van der Waals surface area (Å²) in [7, 11) is 0. The van der Waals surface area contributed by atoms with Gasteiger partial charge in [-0.1, -0.05) is 12.1 Å². The summed E-state index contributed by atoms with van der Waals surface area (Å²) in [6.45, 7) is 0.496. The number of hydrogen-bond donors (Lipinski definition) is 1. The van der Waals surface area contributed by atoms with Crippen LogP contribution in [-0.4, -0.2) is 12.5 Å². The van der Waals surface area contributed by atoms with Gasteiger partial charge < -0.3 is 10.1 Å². The molecule has 0 spiro atoms. The summed E-state index contributed by atoms with van der Waals surface area (Å²) in [6, 6.07) is 12.9. The molecule has 0 aliphatic carbocycles. The molecule has 0 bridgehead atoms. The Balaban J connectivity index is 1.92. The molecule has 1 aromatic carbocycles. The second-order valence-electron chi connectivity index (χ2n) is 4.07. The van der Waals surface area contributed by atoms with Gasteiger partial charge in [-0.25, -0.2) is 0 Å². The summed E-state index contributed by atoms with van der Waals surface area (Å²) in [5, 5.41) is 13.1. The van der Waals surface area contributed by atoms with Crippen molar-refractivity contribution in [3.63, 3.8) is 0 Å². The molecule has 0 saturated heterocycles. The molecule has 0 aliphatic rings. The monoisotopic (exact) mass is 286 g/mol. The molecule has 0 fully saturated rings. The third kappa shape index (κ3) is 4.11. The molecule has 1 amide bonds. The first-order chi connectivity index (χ1) is 9.79. The predicted molar refractivity (Wildman–Crippen MR) is 79.1 cm³/mol. The van der Waals surface area contributed by atoms with E-state index in [9.17, 15) is 4.79 Å². The summed E-state index contributed by atoms with van der Waals surface area (Å²) in [4.78, 5) is 12.6. The molecular weight excluding hydrogens is 272 g/mol. The zero-order valence-electron chi connectivity index (χ0n) is 10.8. The Kier molecular flexibility index (Phi) is 5.15. The number of nitrogens with one attached hydrogen (secondary N) is 1. The van der Waals surface area contributed by atoms with Gasteiger partial charge in [0.15, 0.2) is 0 Å². The van der Waals surface area contributed by atoms with Crippen LogP contribution >= 0.6 is 11.3 Å². The Morgan fingerprint density at radius 3 is 3.00 bits per heavy atom. The minimum Gasteiger partial charge on any atom is -0.493 e. The molecule has 2 aromatic rings. The molecule has 20 heavy (non-hydrogen) atoms. The van der Waals surface area contributed by atoms with Crippen LogP contribution in [0.3, 0.4) is 0 Å². The highest BCUT2D eigenvalue weighted by Crippen LogP contribution is 2.19. The van der Waals surface area contributed by atoms with Gasteiger partial charge in [0, 0.05) is 18.2 Å². The molecule has 0 aliphatic heterocycles. The minimum atomic E-state index is -0.123. The van der Waals surface area contributed by atoms with Crippen LogP contribution in [-0.2, 0) is 0 Å². The minimum absolute atomic E-state index is 0.123. The number of carbonyl (C=O) groups is 1. The first-order valence-corrected chi connectivity index (χ1v) is 7.12. The Morgan fingerprint density at radius 1 is 1.35 bits per heavy atom. The SMILES string of the molecule is N#CCCCOc1cccc(NC(=O)c2cccs2)c1. The lowest BCUT2D eigenvalue weighted by molar-refractivity contribution is 0.103. The number of nitrogens with zero attached hydrogens (tertiary/aromatic N) is 1. The summed E-state index contributed by atoms with van der Waals surface area (Å²) < 4.78 is 5.52. The molecule has 102 valence electrons. The van der Waals surface area contributed by atoms with Gasteiger partial charge in [0.1, 0.15) is 5.75 Å². The van der Waals surface area contributed by atoms with Crippen molar-refractivity contribution in [2.24, 2.45) is 0 Å². The smallest absolute Gasteiger partial charge is 0.265 e. The van der Waals surface area contributed by atoms with E-state index in [1.54, 1.807) is 12.1 Å². The van der Waals surface area contributed by atoms with Gasteiger partial charge in [-0.3, -0.25) is 4.79 Å². The van der Waals surface area contributed by atoms with Crippen molar-refractivity contribution >= 4 is 22.9 Å². The van der Waals surface area contributed by atoms with E-state index >= 15 is 0 Å². The number of ether oxygens (including phenoxy) is 1. The van der Waals surface area contributed by atoms with E-state index in [0.717, 1.165) is 0 Å². The number of thiophene rings is 1. The molecular formula is C15H14N2O2S. The van der Waals surface area contributed by atoms with Crippen LogP contribution in [0.4, 0.5) is 5.69 Å². The van der Waals surface area contributed by atoms with E-state index in [-0.39, 0.29) is 5.91 Å². The fourth-order valence-corrected chi connectivity index (χ4v) is 2.22. The summed E-state index contributed by atoms with van der Waals surface area (Å²) in [5.41, 5.74) is 0.696. The van der Waals surface area contributed by atoms with Crippen molar-refractivity contribution in [1.29, 1.82) is 5.26 Å². The predicted octanol–water partition coefficient (Wildman–Crippen LogP) is 3.68. The number of carbonyl (C=O) groups excluding carboxylic acids is 1. The quantitative estimate of drug-likeness (QED) is 0.824. The average Bonchev–Trinajstić information content (AvgIpc) is 2.98. The fourth-order valence-electron chi connectivity index (χ4n) is 1.61. The average molecular weight is 286 g/mol. The van der Waals surface area contributed by atoms with E-state index in [1.807, 2.05) is 29.6 Å². The Labute approximate surface area is 121 Å². The number of nitriles is 1. The lowest BCUT2D eigenvalue weighted by Gasteiger charge is -2.08. The lowest BCUT2D eigenvalue weighted by atomic mass is 10.3. The number of amides is 1. The molecule has 0 saturated carbocycles. The van der Waals surface area contributed by atoms with Crippen molar-refractivity contribution in [3.05, 3.63) is 46.7 Å². The summed E-state index contributed by atoms with van der Waals surface area (Å²) >= 11 is 1.40. The van der Waals surface area contributed by atoms with E-state index in [2.05, 4.69) is 11.4 Å². The van der Waals surface area contributed by atoms with Crippen molar-refractivity contribution < 1.29 is 9.53 Å². The van der Waals surface area contributed by atoms with Gasteiger partial charge in [-0.05, 0) is 30.0 Å². The van der Waals surface area contributed by atoms with Crippen LogP contribution in [0, 0.1) is 11.3 Å². The lowest BCUT2D eigenvalue weighted by Crippen LogP contribution is -2.10. The van der Waals surface area contributed by atoms with Crippen LogP contribution in [0.1, 0.15) is 22.5 Å². The molecule has 1 heterocycles. The van der Waals surface area contributed by atoms with Crippen LogP contribution in [0.5, 0.6) is 5.75 Å². The molecule has 1 aromatic heterocycles. The first kappa shape index (κ1) is 14.1. The van der Waals surface area contributed by atoms with Gasteiger partial charge in [0.2, 0.25) is 0 Å². The number of rotatable bonds is 6. The highest BCUT2D eigenvalue weighted by Gasteiger charge is 2.07. The Hall–Kier alpha value is -2.32. The normalized spacial score (nSPS) is 9.75. The number of hydrogen-bond acceptors (Lipinski definition) is 4. The van der Waals surface area contributed by atoms with Crippen molar-refractivity contribution in [2.75, 3.05) is 11.9 Å². The van der Waals surface area contributed by atoms with Crippen LogP contribution in [0.25, 0.3) is 0 Å². The maximum absolute atomic E-state index is 11.9. The molecule has 4 nitrogen and oxygen atoms in total. The van der Waals surface area contributed by atoms with Gasteiger partial charge >= 0.3 is 0 Å². The molecule has 0 unspecified atom stereocenters. The fraction of sp³-hybridized carbons (Fsp3) is 0.200. The highest BCUT2D eigenvalue weighted by molar-refractivity contribution is 7.12. The molecule has 0 atom stereocenters. The van der Waals surface area contributed by atoms with Gasteiger partial charge in [0.25, 0.3) is 5.91 Å². The Morgan fingerprint density at radius 2 is 2.25 bits per heavy atom. The van der Waals surface area contributed by atoms with E-state index in [1.165, 1.54) is 11.3 Å². The largest absolute Gasteiger partial charge is 0.493 e. The van der Waals surface area contributed by atoms with Crippen LogP contribution in [0.2, 0.25) is 0 Å². The number of anilines is 1. The van der Waals surface area contributed by atoms with Crippen LogP contribution in [0.15, 0.2) is 41.8 Å². The van der Waals surface area contributed by atoms with E-state index in [0.29, 0.717) is 35.8 Å². The van der Waals surface area contributed by atoms with Gasteiger partial charge in [-0.2, -0.15) is 5.26 Å². The third-order valence-corrected chi connectivity index (χ3v) is 3.41. The molecule has 2 rings (SSSR count). The zero-order chi connectivity index (χ0) is 14.2. The maximum Gasteiger partial charge on any atom is 0.265 e. The molecule has 1 N–H and O–H groups in total. The second-order valence-corrected chi connectivity index (χ2v) is 5.02. The standard InChI is InChI=1S/C15H14N2O2S/c16-8-1-2-9-19-13-6-3-5-12(11-13)17-15(18)14-7-4-10-20-14/h3-7,10-11H,1-2,9H2,(H,17,18). The summed E-state index contributed by atoms with van der Waals surface area (Å²) in [6.07, 6.45) is 1.18. The zero-order valence-corrected chi connectivity index (χ0v) is 11.7. The third-order valence-electron chi connectivity index (χ3n) is 2.54. The maximum atomic E-state index is 11.9. The van der Waals surface area contributed by atoms with E-state index < -0.39 is 0 Å². The van der Waals surface area contributed by atoms with Gasteiger partial charge in [0.05, 0.1) is 17.6 Å². The van der Waals surface area contributed by atoms with E-state index in [4.69, 9.17) is 10.00 Å². The van der Waals surface area contributed by atoms with Crippen molar-refractivity contribution in [2.45, 2.75) is 12.8 Å². The Bertz CT molecular complexity index is 603. The van der Waals surface area contributed by atoms with Crippen molar-refractivity contribution in [3.8, 4) is 11.8 Å². The molecule has 5 heteroatoms. The summed E-state index contributed by atoms with van der Waals surface area (Å²) in [5.74, 6) is 0.563. The topological polar surface area (TPSA) is 62.1 Å². The van der Waals surface area contributed by atoms with Crippen molar-refractivity contribution in [1.82, 2.24) is 0 Å². The number of benzene rings is 1. The molecule has 0 radical (unpaired) electrons. The van der Waals surface area contributed by atoms with Gasteiger partial charge in [-0.15, -0.1) is 11.3 Å². The van der Waals surface area contributed by atoms with Crippen LogP contribution < -0.4 is 10.1 Å². The number of unbranched alkanes of at least 4 members (excludes halogenated alkanes) is 1. The first-order valence-electron chi connectivity index (χ1n) is 6.24.